The lowest BCUT2D eigenvalue weighted by Crippen LogP contribution is -2.71. The van der Waals surface area contributed by atoms with Gasteiger partial charge in [-0.05, 0) is 0 Å². The molecule has 196 valence electrons. The first-order chi connectivity index (χ1) is 17.7. The molecule has 0 aliphatic carbocycles. The van der Waals surface area contributed by atoms with Crippen molar-refractivity contribution in [1.82, 2.24) is 15.2 Å². The van der Waals surface area contributed by atoms with Crippen molar-refractivity contribution in [3.05, 3.63) is 52.4 Å². The summed E-state index contributed by atoms with van der Waals surface area (Å²) in [5, 5.41) is 25.4. The topological polar surface area (TPSA) is 171 Å². The molecule has 0 saturated carbocycles. The van der Waals surface area contributed by atoms with E-state index in [1.54, 1.807) is 22.9 Å². The van der Waals surface area contributed by atoms with Gasteiger partial charge in [-0.3, -0.25) is 14.5 Å². The molecule has 0 radical (unpaired) electrons. The first-order valence-corrected chi connectivity index (χ1v) is 12.7. The molecular formula is C21H21F2N6O6S2+. The van der Waals surface area contributed by atoms with Crippen molar-refractivity contribution < 1.29 is 42.8 Å². The lowest BCUT2D eigenvalue weighted by molar-refractivity contribution is -0.696. The number of amides is 2. The van der Waals surface area contributed by atoms with Crippen molar-refractivity contribution in [2.45, 2.75) is 31.0 Å². The van der Waals surface area contributed by atoms with E-state index >= 15 is 0 Å². The molecule has 16 heteroatoms. The molecule has 2 aliphatic rings. The second-order valence-corrected chi connectivity index (χ2v) is 9.78. The van der Waals surface area contributed by atoms with E-state index in [4.69, 9.17) is 5.73 Å². The SMILES string of the molecule is Nc1nc(C(=NOC(F)F)C(=O)NC2C(=O)N3C(C(=O)O)=C(C[n+]4ccccc4CCO)CS[C@H]23)cs1. The van der Waals surface area contributed by atoms with Crippen LogP contribution in [-0.4, -0.2) is 74.0 Å². The van der Waals surface area contributed by atoms with Crippen molar-refractivity contribution in [3.8, 4) is 0 Å². The highest BCUT2D eigenvalue weighted by Gasteiger charge is 2.55. The number of thioether (sulfide) groups is 1. The van der Waals surface area contributed by atoms with Crippen molar-refractivity contribution in [2.75, 3.05) is 18.1 Å². The minimum Gasteiger partial charge on any atom is -0.477 e. The number of oxime groups is 1. The van der Waals surface area contributed by atoms with Gasteiger partial charge in [-0.1, -0.05) is 11.2 Å². The number of hydrogen-bond donors (Lipinski definition) is 4. The Balaban J connectivity index is 1.55. The van der Waals surface area contributed by atoms with Gasteiger partial charge in [0.05, 0.1) is 13.0 Å². The van der Waals surface area contributed by atoms with E-state index in [9.17, 15) is 33.4 Å². The number of halogens is 2. The number of fused-ring (bicyclic) bond motifs is 1. The fourth-order valence-corrected chi connectivity index (χ4v) is 5.80. The molecule has 2 aromatic heterocycles. The Hall–Kier alpha value is -3.63. The minimum atomic E-state index is -3.30. The Morgan fingerprint density at radius 3 is 2.84 bits per heavy atom. The predicted molar refractivity (Wildman–Crippen MR) is 127 cm³/mol. The second kappa shape index (κ2) is 11.2. The number of alkyl halides is 2. The molecular weight excluding hydrogens is 534 g/mol. The van der Waals surface area contributed by atoms with Gasteiger partial charge in [0.15, 0.2) is 29.3 Å². The smallest absolute Gasteiger partial charge is 0.407 e. The Kier molecular flexibility index (Phi) is 7.99. The van der Waals surface area contributed by atoms with Crippen LogP contribution >= 0.6 is 23.1 Å². The maximum absolute atomic E-state index is 13.0. The maximum atomic E-state index is 13.0. The van der Waals surface area contributed by atoms with E-state index < -0.39 is 41.5 Å². The average Bonchev–Trinajstić information content (AvgIpc) is 3.29. The molecule has 0 bridgehead atoms. The van der Waals surface area contributed by atoms with Crippen molar-refractivity contribution >= 4 is 51.7 Å². The first-order valence-electron chi connectivity index (χ1n) is 10.7. The number of aliphatic carboxylic acids is 1. The fraction of sp³-hybridized carbons (Fsp3) is 0.333. The number of aliphatic hydroxyl groups excluding tert-OH is 1. The number of thiazole rings is 1. The highest BCUT2D eigenvalue weighted by Crippen LogP contribution is 2.40. The van der Waals surface area contributed by atoms with Gasteiger partial charge in [-0.25, -0.2) is 9.78 Å². The van der Waals surface area contributed by atoms with Gasteiger partial charge in [0.1, 0.15) is 22.8 Å². The summed E-state index contributed by atoms with van der Waals surface area (Å²) in [5.41, 5.74) is 5.91. The van der Waals surface area contributed by atoms with E-state index in [1.165, 1.54) is 17.1 Å². The Bertz CT molecular complexity index is 1290. The van der Waals surface area contributed by atoms with Crippen molar-refractivity contribution in [1.29, 1.82) is 0 Å². The quantitative estimate of drug-likeness (QED) is 0.136. The third kappa shape index (κ3) is 5.55. The van der Waals surface area contributed by atoms with E-state index in [1.807, 2.05) is 6.07 Å². The molecule has 2 aromatic rings. The van der Waals surface area contributed by atoms with Crippen LogP contribution in [-0.2, 0) is 32.2 Å². The summed E-state index contributed by atoms with van der Waals surface area (Å²) in [4.78, 5) is 46.8. The zero-order valence-electron chi connectivity index (χ0n) is 18.9. The summed E-state index contributed by atoms with van der Waals surface area (Å²) < 4.78 is 26.9. The summed E-state index contributed by atoms with van der Waals surface area (Å²) in [6, 6.07) is 4.25. The lowest BCUT2D eigenvalue weighted by atomic mass is 10.0. The standard InChI is InChI=1S/C21H20F2N6O6S2/c22-20(23)35-27-13(12-9-37-21(24)25-12)16(31)26-14-17(32)29-15(19(33)34)10(8-36-18(14)29)7-28-5-2-1-3-11(28)4-6-30/h1-3,5,9,14,18,20,30H,4,6-8H2,(H3-,24,25,26,31,33,34)/p+1/t14?,18-/m1/s1. The molecule has 12 nitrogen and oxygen atoms in total. The second-order valence-electron chi connectivity index (χ2n) is 7.79. The van der Waals surface area contributed by atoms with Crippen LogP contribution in [0, 0.1) is 0 Å². The summed E-state index contributed by atoms with van der Waals surface area (Å²) in [6.07, 6.45) is 2.12. The van der Waals surface area contributed by atoms with Crippen LogP contribution in [0.2, 0.25) is 0 Å². The number of pyridine rings is 1. The zero-order valence-corrected chi connectivity index (χ0v) is 20.5. The number of anilines is 1. The molecule has 2 aliphatic heterocycles. The van der Waals surface area contributed by atoms with E-state index in [0.717, 1.165) is 21.9 Å². The maximum Gasteiger partial charge on any atom is 0.407 e. The normalized spacial score (nSPS) is 19.5. The molecule has 4 rings (SSSR count). The number of aromatic nitrogens is 2. The van der Waals surface area contributed by atoms with Gasteiger partial charge in [0.2, 0.25) is 0 Å². The summed E-state index contributed by atoms with van der Waals surface area (Å²) in [5.74, 6) is -2.74. The van der Waals surface area contributed by atoms with Crippen LogP contribution in [0.3, 0.4) is 0 Å². The van der Waals surface area contributed by atoms with Crippen molar-refractivity contribution in [3.63, 3.8) is 0 Å². The molecule has 0 spiro atoms. The van der Waals surface area contributed by atoms with Crippen LogP contribution in [0.5, 0.6) is 0 Å². The molecule has 1 saturated heterocycles. The van der Waals surface area contributed by atoms with Crippen LogP contribution in [0.4, 0.5) is 13.9 Å². The highest BCUT2D eigenvalue weighted by molar-refractivity contribution is 8.00. The highest BCUT2D eigenvalue weighted by atomic mass is 32.2. The number of aliphatic hydroxyl groups is 1. The van der Waals surface area contributed by atoms with E-state index in [0.29, 0.717) is 12.0 Å². The van der Waals surface area contributed by atoms with Gasteiger partial charge < -0.3 is 26.1 Å². The number of nitrogens with zero attached hydrogens (tertiary/aromatic N) is 4. The predicted octanol–water partition coefficient (Wildman–Crippen LogP) is -0.0703. The largest absolute Gasteiger partial charge is 0.477 e. The van der Waals surface area contributed by atoms with Gasteiger partial charge in [0, 0.05) is 28.8 Å². The number of carbonyl (C=O) groups is 3. The summed E-state index contributed by atoms with van der Waals surface area (Å²) >= 11 is 2.19. The molecule has 5 N–H and O–H groups in total. The van der Waals surface area contributed by atoms with Crippen molar-refractivity contribution in [2.24, 2.45) is 5.16 Å². The minimum absolute atomic E-state index is 0.0588. The van der Waals surface area contributed by atoms with Crippen LogP contribution in [0.1, 0.15) is 11.4 Å². The number of rotatable bonds is 10. The van der Waals surface area contributed by atoms with E-state index in [-0.39, 0.29) is 35.4 Å². The molecule has 2 atom stereocenters. The number of nitrogens with one attached hydrogen (secondary N) is 1. The monoisotopic (exact) mass is 555 g/mol. The molecule has 4 heterocycles. The number of hydrogen-bond acceptors (Lipinski definition) is 10. The molecule has 1 unspecified atom stereocenters. The van der Waals surface area contributed by atoms with E-state index in [2.05, 4.69) is 20.3 Å². The number of carboxylic acids is 1. The molecule has 2 amide bonds. The summed E-state index contributed by atoms with van der Waals surface area (Å²) in [7, 11) is 0. The Morgan fingerprint density at radius 1 is 1.41 bits per heavy atom. The summed E-state index contributed by atoms with van der Waals surface area (Å²) in [6.45, 7) is -3.19. The van der Waals surface area contributed by atoms with Gasteiger partial charge in [-0.15, -0.1) is 23.1 Å². The third-order valence-corrected chi connectivity index (χ3v) is 7.52. The average molecular weight is 556 g/mol. The van der Waals surface area contributed by atoms with Gasteiger partial charge in [0.25, 0.3) is 11.8 Å². The first kappa shape index (κ1) is 26.4. The fourth-order valence-electron chi connectivity index (χ4n) is 3.92. The molecule has 0 aromatic carbocycles. The molecule has 1 fully saturated rings. The number of nitrogens with two attached hydrogens (primary N) is 1. The Morgan fingerprint density at radius 2 is 2.19 bits per heavy atom. The lowest BCUT2D eigenvalue weighted by Gasteiger charge is -2.49. The number of β-lactam (4-membered cyclic amide) rings is 1. The number of carbonyl (C=O) groups excluding carboxylic acids is 2. The van der Waals surface area contributed by atoms with Gasteiger partial charge in [-0.2, -0.15) is 13.3 Å². The van der Waals surface area contributed by atoms with Crippen LogP contribution in [0.25, 0.3) is 0 Å². The van der Waals surface area contributed by atoms with Crippen LogP contribution in [0.15, 0.2) is 46.2 Å². The molecule has 37 heavy (non-hydrogen) atoms. The third-order valence-electron chi connectivity index (χ3n) is 5.50. The Labute approximate surface area is 216 Å². The number of nitrogen functional groups attached to an aromatic ring is 1. The van der Waals surface area contributed by atoms with Gasteiger partial charge >= 0.3 is 12.6 Å². The van der Waals surface area contributed by atoms with Crippen LogP contribution < -0.4 is 15.6 Å². The number of carboxylic acid groups (broad SMARTS) is 1. The zero-order chi connectivity index (χ0) is 26.7.